The molecule has 3 N–H and O–H groups in total. The van der Waals surface area contributed by atoms with Crippen molar-refractivity contribution in [2.24, 2.45) is 5.73 Å². The van der Waals surface area contributed by atoms with Gasteiger partial charge >= 0.3 is 12.1 Å². The van der Waals surface area contributed by atoms with Gasteiger partial charge in [-0.2, -0.15) is 13.2 Å². The number of halogens is 3. The summed E-state index contributed by atoms with van der Waals surface area (Å²) in [5.74, 6) is -1.61. The molecule has 1 aromatic rings. The lowest BCUT2D eigenvalue weighted by atomic mass is 9.91. The fourth-order valence-corrected chi connectivity index (χ4v) is 1.48. The number of carbonyl (C=O) groups excluding carboxylic acids is 1. The first-order valence-electron chi connectivity index (χ1n) is 5.51. The molecule has 0 aromatic heterocycles. The Morgan fingerprint density at radius 3 is 2.26 bits per heavy atom. The molecule has 19 heavy (non-hydrogen) atoms. The molecule has 0 bridgehead atoms. The van der Waals surface area contributed by atoms with E-state index < -0.39 is 24.1 Å². The van der Waals surface area contributed by atoms with Crippen molar-refractivity contribution in [3.8, 4) is 5.75 Å². The van der Waals surface area contributed by atoms with Gasteiger partial charge < -0.3 is 15.6 Å². The number of phenols is 1. The van der Waals surface area contributed by atoms with Crippen LogP contribution >= 0.6 is 0 Å². The van der Waals surface area contributed by atoms with Crippen LogP contribution in [-0.4, -0.2) is 29.4 Å². The molecule has 0 fully saturated rings. The molecule has 0 saturated heterocycles. The van der Waals surface area contributed by atoms with Crippen LogP contribution in [0.5, 0.6) is 5.75 Å². The van der Waals surface area contributed by atoms with Gasteiger partial charge in [0, 0.05) is 6.42 Å². The standard InChI is InChI=1S/C12H14F3NO3/c1-2-19-10(18)11(16,12(13,14)15)7-8-3-5-9(17)6-4-8/h3-6,17H,2,7,16H2,1H3. The molecule has 1 rings (SSSR count). The number of hydrogen-bond donors (Lipinski definition) is 2. The number of alkyl halides is 3. The van der Waals surface area contributed by atoms with Gasteiger partial charge in [0.05, 0.1) is 6.61 Å². The summed E-state index contributed by atoms with van der Waals surface area (Å²) in [5, 5.41) is 9.06. The fourth-order valence-electron chi connectivity index (χ4n) is 1.48. The molecule has 0 aliphatic heterocycles. The summed E-state index contributed by atoms with van der Waals surface area (Å²) < 4.78 is 43.3. The number of nitrogens with two attached hydrogens (primary N) is 1. The second-order valence-corrected chi connectivity index (χ2v) is 4.03. The first-order valence-corrected chi connectivity index (χ1v) is 5.51. The van der Waals surface area contributed by atoms with E-state index in [-0.39, 0.29) is 17.9 Å². The molecular formula is C12H14F3NO3. The van der Waals surface area contributed by atoms with Gasteiger partial charge in [-0.1, -0.05) is 12.1 Å². The zero-order valence-corrected chi connectivity index (χ0v) is 10.2. The third kappa shape index (κ3) is 3.37. The average molecular weight is 277 g/mol. The number of esters is 1. The van der Waals surface area contributed by atoms with Gasteiger partial charge in [0.1, 0.15) is 5.75 Å². The van der Waals surface area contributed by atoms with Crippen LogP contribution in [0.25, 0.3) is 0 Å². The number of rotatable bonds is 4. The maximum atomic E-state index is 13.0. The Morgan fingerprint density at radius 1 is 1.32 bits per heavy atom. The molecule has 0 spiro atoms. The van der Waals surface area contributed by atoms with E-state index in [0.717, 1.165) is 0 Å². The van der Waals surface area contributed by atoms with Crippen molar-refractivity contribution in [1.29, 1.82) is 0 Å². The van der Waals surface area contributed by atoms with Crippen LogP contribution < -0.4 is 5.73 Å². The fraction of sp³-hybridized carbons (Fsp3) is 0.417. The molecule has 0 heterocycles. The third-order valence-electron chi connectivity index (χ3n) is 2.56. The van der Waals surface area contributed by atoms with Gasteiger partial charge in [0.2, 0.25) is 5.54 Å². The van der Waals surface area contributed by atoms with Crippen LogP contribution in [0.15, 0.2) is 24.3 Å². The summed E-state index contributed by atoms with van der Waals surface area (Å²) in [4.78, 5) is 11.5. The highest BCUT2D eigenvalue weighted by Crippen LogP contribution is 2.32. The van der Waals surface area contributed by atoms with E-state index in [2.05, 4.69) is 4.74 Å². The topological polar surface area (TPSA) is 72.5 Å². The largest absolute Gasteiger partial charge is 0.508 e. The zero-order valence-electron chi connectivity index (χ0n) is 10.2. The van der Waals surface area contributed by atoms with Crippen LogP contribution in [0.4, 0.5) is 13.2 Å². The zero-order chi connectivity index (χ0) is 14.7. The van der Waals surface area contributed by atoms with Gasteiger partial charge in [-0.3, -0.25) is 0 Å². The molecule has 7 heteroatoms. The van der Waals surface area contributed by atoms with Gasteiger partial charge in [-0.15, -0.1) is 0 Å². The van der Waals surface area contributed by atoms with Crippen LogP contribution in [0.1, 0.15) is 12.5 Å². The summed E-state index contributed by atoms with van der Waals surface area (Å²) in [5.41, 5.74) is 2.29. The summed E-state index contributed by atoms with van der Waals surface area (Å²) in [6, 6.07) is 4.97. The number of phenolic OH excluding ortho intramolecular Hbond substituents is 1. The molecular weight excluding hydrogens is 263 g/mol. The first kappa shape index (κ1) is 15.3. The second kappa shape index (κ2) is 5.48. The molecule has 0 aliphatic carbocycles. The average Bonchev–Trinajstić information content (AvgIpc) is 2.31. The Balaban J connectivity index is 3.05. The van der Waals surface area contributed by atoms with Crippen LogP contribution in [0.2, 0.25) is 0 Å². The highest BCUT2D eigenvalue weighted by molar-refractivity contribution is 5.82. The summed E-state index contributed by atoms with van der Waals surface area (Å²) in [7, 11) is 0. The van der Waals surface area contributed by atoms with E-state index in [0.29, 0.717) is 0 Å². The highest BCUT2D eigenvalue weighted by atomic mass is 19.4. The Hall–Kier alpha value is -1.76. The van der Waals surface area contributed by atoms with E-state index in [4.69, 9.17) is 10.8 Å². The van der Waals surface area contributed by atoms with Crippen molar-refractivity contribution >= 4 is 5.97 Å². The molecule has 0 saturated carbocycles. The van der Waals surface area contributed by atoms with E-state index >= 15 is 0 Å². The molecule has 4 nitrogen and oxygen atoms in total. The number of carbonyl (C=O) groups is 1. The van der Waals surface area contributed by atoms with Gasteiger partial charge in [-0.25, -0.2) is 4.79 Å². The van der Waals surface area contributed by atoms with E-state index in [1.807, 2.05) is 0 Å². The van der Waals surface area contributed by atoms with Crippen molar-refractivity contribution in [1.82, 2.24) is 0 Å². The number of ether oxygens (including phenoxy) is 1. The van der Waals surface area contributed by atoms with Crippen molar-refractivity contribution in [3.63, 3.8) is 0 Å². The van der Waals surface area contributed by atoms with Gasteiger partial charge in [-0.05, 0) is 24.6 Å². The molecule has 0 radical (unpaired) electrons. The van der Waals surface area contributed by atoms with E-state index in [1.165, 1.54) is 31.2 Å². The lowest BCUT2D eigenvalue weighted by molar-refractivity contribution is -0.205. The van der Waals surface area contributed by atoms with E-state index in [9.17, 15) is 18.0 Å². The lowest BCUT2D eigenvalue weighted by Crippen LogP contribution is -2.61. The monoisotopic (exact) mass is 277 g/mol. The molecule has 106 valence electrons. The van der Waals surface area contributed by atoms with Crippen LogP contribution in [0.3, 0.4) is 0 Å². The Bertz CT molecular complexity index is 445. The highest BCUT2D eigenvalue weighted by Gasteiger charge is 2.58. The minimum atomic E-state index is -4.93. The summed E-state index contributed by atoms with van der Waals surface area (Å²) in [6.07, 6.45) is -5.69. The third-order valence-corrected chi connectivity index (χ3v) is 2.56. The number of aromatic hydroxyl groups is 1. The number of benzene rings is 1. The predicted molar refractivity (Wildman–Crippen MR) is 61.4 cm³/mol. The van der Waals surface area contributed by atoms with E-state index in [1.54, 1.807) is 0 Å². The first-order chi connectivity index (χ1) is 8.70. The molecule has 1 atom stereocenters. The maximum Gasteiger partial charge on any atom is 0.417 e. The Labute approximate surface area is 108 Å². The summed E-state index contributed by atoms with van der Waals surface area (Å²) >= 11 is 0. The Morgan fingerprint density at radius 2 is 1.84 bits per heavy atom. The van der Waals surface area contributed by atoms with Crippen molar-refractivity contribution in [2.75, 3.05) is 6.61 Å². The molecule has 1 unspecified atom stereocenters. The SMILES string of the molecule is CCOC(=O)C(N)(Cc1ccc(O)cc1)C(F)(F)F. The number of hydrogen-bond acceptors (Lipinski definition) is 4. The molecule has 0 aliphatic rings. The van der Waals surface area contributed by atoms with Crippen LogP contribution in [0, 0.1) is 0 Å². The minimum absolute atomic E-state index is 0.0884. The van der Waals surface area contributed by atoms with Crippen molar-refractivity contribution < 1.29 is 27.8 Å². The lowest BCUT2D eigenvalue weighted by Gasteiger charge is -2.29. The van der Waals surface area contributed by atoms with Crippen LogP contribution in [-0.2, 0) is 16.0 Å². The minimum Gasteiger partial charge on any atom is -0.508 e. The second-order valence-electron chi connectivity index (χ2n) is 4.03. The predicted octanol–water partition coefficient (Wildman–Crippen LogP) is 1.76. The van der Waals surface area contributed by atoms with Crippen molar-refractivity contribution in [2.45, 2.75) is 25.1 Å². The molecule has 0 amide bonds. The van der Waals surface area contributed by atoms with Gasteiger partial charge in [0.15, 0.2) is 0 Å². The van der Waals surface area contributed by atoms with Crippen molar-refractivity contribution in [3.05, 3.63) is 29.8 Å². The Kier molecular flexibility index (Phi) is 4.41. The smallest absolute Gasteiger partial charge is 0.417 e. The summed E-state index contributed by atoms with van der Waals surface area (Å²) in [6.45, 7) is 1.21. The normalized spacial score (nSPS) is 14.8. The van der Waals surface area contributed by atoms with Gasteiger partial charge in [0.25, 0.3) is 0 Å². The maximum absolute atomic E-state index is 13.0. The quantitative estimate of drug-likeness (QED) is 0.822. The molecule has 1 aromatic carbocycles.